The molecule has 0 amide bonds. The highest BCUT2D eigenvalue weighted by molar-refractivity contribution is 4.56. The maximum absolute atomic E-state index is 8.62. The van der Waals surface area contributed by atoms with Gasteiger partial charge in [0.1, 0.15) is 0 Å². The Kier molecular flexibility index (Phi) is 3.77. The molecule has 0 aromatic heterocycles. The van der Waals surface area contributed by atoms with Crippen LogP contribution in [0.2, 0.25) is 0 Å². The molecule has 2 atom stereocenters. The maximum Gasteiger partial charge on any atom is 0.0795 e. The molecule has 0 saturated heterocycles. The van der Waals surface area contributed by atoms with E-state index in [9.17, 15) is 0 Å². The van der Waals surface area contributed by atoms with Crippen LogP contribution in [0.1, 0.15) is 13.3 Å². The summed E-state index contributed by atoms with van der Waals surface area (Å²) in [5.74, 6) is 0. The number of hydrogen-bond donors (Lipinski definition) is 3. The molecular formula is C5H12O3. The van der Waals surface area contributed by atoms with E-state index in [4.69, 9.17) is 15.3 Å². The van der Waals surface area contributed by atoms with Crippen molar-refractivity contribution in [3.8, 4) is 0 Å². The van der Waals surface area contributed by atoms with Gasteiger partial charge in [0.25, 0.3) is 0 Å². The van der Waals surface area contributed by atoms with Crippen molar-refractivity contribution in [2.75, 3.05) is 6.61 Å². The smallest absolute Gasteiger partial charge is 0.0795 e. The van der Waals surface area contributed by atoms with Gasteiger partial charge in [0.2, 0.25) is 0 Å². The molecule has 0 aromatic rings. The molecular weight excluding hydrogens is 108 g/mol. The molecule has 0 fully saturated rings. The predicted octanol–water partition coefficient (Wildman–Crippen LogP) is -0.890. The quantitative estimate of drug-likeness (QED) is 0.453. The molecule has 0 rings (SSSR count). The first-order chi connectivity index (χ1) is 3.66. The van der Waals surface area contributed by atoms with Crippen LogP contribution in [-0.2, 0) is 0 Å². The van der Waals surface area contributed by atoms with Gasteiger partial charge in [-0.2, -0.15) is 0 Å². The molecule has 3 N–H and O–H groups in total. The van der Waals surface area contributed by atoms with Gasteiger partial charge in [-0.15, -0.1) is 0 Å². The molecule has 0 radical (unpaired) electrons. The van der Waals surface area contributed by atoms with E-state index in [0.29, 0.717) is 0 Å². The van der Waals surface area contributed by atoms with E-state index in [-0.39, 0.29) is 13.0 Å². The lowest BCUT2D eigenvalue weighted by molar-refractivity contribution is 0.0478. The summed E-state index contributed by atoms with van der Waals surface area (Å²) in [6, 6.07) is 0. The van der Waals surface area contributed by atoms with Crippen molar-refractivity contribution in [2.45, 2.75) is 25.6 Å². The Morgan fingerprint density at radius 1 is 1.38 bits per heavy atom. The van der Waals surface area contributed by atoms with Crippen molar-refractivity contribution in [2.24, 2.45) is 0 Å². The van der Waals surface area contributed by atoms with Crippen molar-refractivity contribution in [3.05, 3.63) is 0 Å². The molecule has 0 aliphatic heterocycles. The first-order valence-electron chi connectivity index (χ1n) is 2.63. The third-order valence-corrected chi connectivity index (χ3v) is 0.824. The van der Waals surface area contributed by atoms with E-state index >= 15 is 0 Å². The molecule has 0 aliphatic rings. The molecule has 0 aliphatic carbocycles. The van der Waals surface area contributed by atoms with E-state index in [1.54, 1.807) is 6.92 Å². The summed E-state index contributed by atoms with van der Waals surface area (Å²) in [6.07, 6.45) is -1.05. The summed E-state index contributed by atoms with van der Waals surface area (Å²) in [6.45, 7) is 1.30. The largest absolute Gasteiger partial charge is 0.394 e. The van der Waals surface area contributed by atoms with Crippen LogP contribution in [0.4, 0.5) is 0 Å². The fourth-order valence-electron chi connectivity index (χ4n) is 0.468. The van der Waals surface area contributed by atoms with Crippen LogP contribution in [0, 0.1) is 0 Å². The van der Waals surface area contributed by atoms with E-state index in [1.807, 2.05) is 0 Å². The van der Waals surface area contributed by atoms with Crippen molar-refractivity contribution < 1.29 is 15.3 Å². The van der Waals surface area contributed by atoms with Gasteiger partial charge in [-0.1, -0.05) is 0 Å². The Hall–Kier alpha value is -0.120. The van der Waals surface area contributed by atoms with Crippen molar-refractivity contribution in [1.29, 1.82) is 0 Å². The van der Waals surface area contributed by atoms with Gasteiger partial charge in [-0.25, -0.2) is 0 Å². The molecule has 50 valence electrons. The van der Waals surface area contributed by atoms with Crippen LogP contribution in [0.15, 0.2) is 0 Å². The summed E-state index contributed by atoms with van der Waals surface area (Å²) in [7, 11) is 0. The fraction of sp³-hybridized carbons (Fsp3) is 1.00. The van der Waals surface area contributed by atoms with Gasteiger partial charge in [0, 0.05) is 6.42 Å². The van der Waals surface area contributed by atoms with Gasteiger partial charge in [0.05, 0.1) is 18.8 Å². The van der Waals surface area contributed by atoms with Gasteiger partial charge in [0.15, 0.2) is 0 Å². The normalized spacial score (nSPS) is 18.0. The van der Waals surface area contributed by atoms with Crippen LogP contribution < -0.4 is 0 Å². The van der Waals surface area contributed by atoms with E-state index in [0.717, 1.165) is 0 Å². The summed E-state index contributed by atoms with van der Waals surface area (Å²) in [4.78, 5) is 0. The summed E-state index contributed by atoms with van der Waals surface area (Å²) < 4.78 is 0. The van der Waals surface area contributed by atoms with Crippen LogP contribution in [0.5, 0.6) is 0 Å². The first-order valence-corrected chi connectivity index (χ1v) is 2.63. The van der Waals surface area contributed by atoms with E-state index in [1.165, 1.54) is 0 Å². The van der Waals surface area contributed by atoms with Crippen molar-refractivity contribution in [3.63, 3.8) is 0 Å². The molecule has 3 nitrogen and oxygen atoms in total. The van der Waals surface area contributed by atoms with Gasteiger partial charge >= 0.3 is 0 Å². The highest BCUT2D eigenvalue weighted by atomic mass is 16.3. The molecule has 0 saturated carbocycles. The topological polar surface area (TPSA) is 60.7 Å². The third kappa shape index (κ3) is 4.05. The lowest BCUT2D eigenvalue weighted by atomic mass is 10.2. The van der Waals surface area contributed by atoms with Gasteiger partial charge in [-0.3, -0.25) is 0 Å². The predicted molar refractivity (Wildman–Crippen MR) is 29.4 cm³/mol. The average molecular weight is 120 g/mol. The Morgan fingerprint density at radius 3 is 2.00 bits per heavy atom. The van der Waals surface area contributed by atoms with Crippen molar-refractivity contribution >= 4 is 0 Å². The number of aliphatic hydroxyl groups excluding tert-OH is 3. The summed E-state index contributed by atoms with van der Waals surface area (Å²) in [5.41, 5.74) is 0. The Morgan fingerprint density at radius 2 is 1.88 bits per heavy atom. The molecule has 3 heteroatoms. The Balaban J connectivity index is 3.10. The monoisotopic (exact) mass is 120 g/mol. The number of aliphatic hydroxyl groups is 3. The second-order valence-corrected chi connectivity index (χ2v) is 1.92. The zero-order chi connectivity index (χ0) is 6.57. The molecule has 0 unspecified atom stereocenters. The zero-order valence-corrected chi connectivity index (χ0v) is 4.91. The van der Waals surface area contributed by atoms with Crippen LogP contribution in [-0.4, -0.2) is 34.1 Å². The molecule has 8 heavy (non-hydrogen) atoms. The SMILES string of the molecule is C[C@H](O)C[C@H](O)CO. The van der Waals surface area contributed by atoms with Crippen LogP contribution in [0.25, 0.3) is 0 Å². The maximum atomic E-state index is 8.62. The molecule has 0 heterocycles. The van der Waals surface area contributed by atoms with E-state index < -0.39 is 12.2 Å². The lowest BCUT2D eigenvalue weighted by Gasteiger charge is -2.07. The van der Waals surface area contributed by atoms with Gasteiger partial charge < -0.3 is 15.3 Å². The minimum absolute atomic E-state index is 0.247. The summed E-state index contributed by atoms with van der Waals surface area (Å²) in [5, 5.41) is 25.4. The average Bonchev–Trinajstić information content (AvgIpc) is 1.65. The highest BCUT2D eigenvalue weighted by Crippen LogP contribution is 1.94. The number of hydrogen-bond acceptors (Lipinski definition) is 3. The van der Waals surface area contributed by atoms with Crippen molar-refractivity contribution in [1.82, 2.24) is 0 Å². The summed E-state index contributed by atoms with van der Waals surface area (Å²) >= 11 is 0. The third-order valence-electron chi connectivity index (χ3n) is 0.824. The second kappa shape index (κ2) is 3.83. The minimum Gasteiger partial charge on any atom is -0.394 e. The number of rotatable bonds is 3. The Bertz CT molecular complexity index is 53.6. The molecule has 0 bridgehead atoms. The van der Waals surface area contributed by atoms with Crippen LogP contribution >= 0.6 is 0 Å². The minimum atomic E-state index is -0.769. The highest BCUT2D eigenvalue weighted by Gasteiger charge is 2.04. The second-order valence-electron chi connectivity index (χ2n) is 1.92. The standard InChI is InChI=1S/C5H12O3/c1-4(7)2-5(8)3-6/h4-8H,2-3H2,1H3/t4-,5-/m0/s1. The fourth-order valence-corrected chi connectivity index (χ4v) is 0.468. The molecule has 0 spiro atoms. The molecule has 0 aromatic carbocycles. The van der Waals surface area contributed by atoms with Gasteiger partial charge in [-0.05, 0) is 6.92 Å². The lowest BCUT2D eigenvalue weighted by Crippen LogP contribution is -2.18. The van der Waals surface area contributed by atoms with Crippen LogP contribution in [0.3, 0.4) is 0 Å². The first kappa shape index (κ1) is 7.88. The Labute approximate surface area is 48.6 Å². The van der Waals surface area contributed by atoms with E-state index in [2.05, 4.69) is 0 Å². The zero-order valence-electron chi connectivity index (χ0n) is 4.91.